The van der Waals surface area contributed by atoms with E-state index in [1.807, 2.05) is 6.08 Å². The minimum Gasteiger partial charge on any atom is -0.258 e. The minimum absolute atomic E-state index is 0.568. The zero-order chi connectivity index (χ0) is 5.70. The van der Waals surface area contributed by atoms with E-state index in [1.54, 1.807) is 0 Å². The third kappa shape index (κ3) is 4.28. The predicted octanol–water partition coefficient (Wildman–Crippen LogP) is 1.89. The third-order valence-electron chi connectivity index (χ3n) is 0.706. The summed E-state index contributed by atoms with van der Waals surface area (Å²) in [6.45, 7) is 5.72. The third-order valence-corrected chi connectivity index (χ3v) is 1.77. The van der Waals surface area contributed by atoms with Crippen molar-refractivity contribution in [2.24, 2.45) is 0 Å². The monoisotopic (exact) mass is 211 g/mol. The van der Waals surface area contributed by atoms with Gasteiger partial charge in [0.25, 0.3) is 0 Å². The molecule has 0 saturated heterocycles. The maximum Gasteiger partial charge on any atom is 0.0172 e. The van der Waals surface area contributed by atoms with Crippen molar-refractivity contribution in [1.29, 1.82) is 0 Å². The van der Waals surface area contributed by atoms with Gasteiger partial charge in [0.2, 0.25) is 0 Å². The molecule has 0 radical (unpaired) electrons. The fourth-order valence-electron chi connectivity index (χ4n) is 0.295. The Bertz CT molecular complexity index is 54.0. The Balaban J connectivity index is 2.98. The van der Waals surface area contributed by atoms with Crippen molar-refractivity contribution in [2.45, 2.75) is 19.4 Å². The average Bonchev–Trinajstić information content (AvgIpc) is 1.68. The fraction of sp³-hybridized carbons (Fsp3) is 0.600. The SMILES string of the molecule is C=CCC(C)NI. The van der Waals surface area contributed by atoms with Crippen LogP contribution in [0.3, 0.4) is 0 Å². The topological polar surface area (TPSA) is 12.0 Å². The molecule has 0 aliphatic carbocycles. The van der Waals surface area contributed by atoms with E-state index in [4.69, 9.17) is 0 Å². The molecule has 0 aliphatic rings. The Labute approximate surface area is 58.7 Å². The van der Waals surface area contributed by atoms with Gasteiger partial charge in [-0.1, -0.05) is 6.08 Å². The number of hydrogen-bond acceptors (Lipinski definition) is 1. The zero-order valence-electron chi connectivity index (χ0n) is 4.45. The summed E-state index contributed by atoms with van der Waals surface area (Å²) < 4.78 is 3.06. The minimum atomic E-state index is 0.568. The van der Waals surface area contributed by atoms with Crippen LogP contribution < -0.4 is 3.53 Å². The van der Waals surface area contributed by atoms with E-state index >= 15 is 0 Å². The molecule has 0 aromatic carbocycles. The van der Waals surface area contributed by atoms with E-state index in [0.29, 0.717) is 6.04 Å². The first-order valence-corrected chi connectivity index (χ1v) is 3.36. The van der Waals surface area contributed by atoms with Crippen LogP contribution >= 0.6 is 22.9 Å². The predicted molar refractivity (Wildman–Crippen MR) is 41.4 cm³/mol. The second-order valence-corrected chi connectivity index (χ2v) is 2.16. The van der Waals surface area contributed by atoms with E-state index < -0.39 is 0 Å². The summed E-state index contributed by atoms with van der Waals surface area (Å²) in [4.78, 5) is 0. The molecule has 0 saturated carbocycles. The van der Waals surface area contributed by atoms with Gasteiger partial charge in [0.1, 0.15) is 0 Å². The molecule has 1 N–H and O–H groups in total. The number of halogens is 1. The van der Waals surface area contributed by atoms with Crippen LogP contribution in [0.4, 0.5) is 0 Å². The molecule has 7 heavy (non-hydrogen) atoms. The van der Waals surface area contributed by atoms with E-state index in [-0.39, 0.29) is 0 Å². The zero-order valence-corrected chi connectivity index (χ0v) is 6.60. The van der Waals surface area contributed by atoms with E-state index in [0.717, 1.165) is 6.42 Å². The molecule has 0 heterocycles. The lowest BCUT2D eigenvalue weighted by Crippen LogP contribution is -2.13. The van der Waals surface area contributed by atoms with Gasteiger partial charge in [-0.2, -0.15) is 0 Å². The van der Waals surface area contributed by atoms with E-state index in [2.05, 4.69) is 39.9 Å². The molecule has 1 nitrogen and oxygen atoms in total. The van der Waals surface area contributed by atoms with Crippen molar-refractivity contribution in [3.63, 3.8) is 0 Å². The molecule has 0 bridgehead atoms. The Kier molecular flexibility index (Phi) is 4.87. The molecule has 0 amide bonds. The summed E-state index contributed by atoms with van der Waals surface area (Å²) >= 11 is 2.14. The van der Waals surface area contributed by atoms with Gasteiger partial charge in [0.15, 0.2) is 0 Å². The van der Waals surface area contributed by atoms with E-state index in [9.17, 15) is 0 Å². The van der Waals surface area contributed by atoms with Crippen molar-refractivity contribution < 1.29 is 0 Å². The molecule has 1 atom stereocenters. The number of rotatable bonds is 3. The maximum absolute atomic E-state index is 3.61. The van der Waals surface area contributed by atoms with Crippen LogP contribution in [-0.4, -0.2) is 6.04 Å². The molecule has 0 aliphatic heterocycles. The van der Waals surface area contributed by atoms with Crippen LogP contribution in [0.5, 0.6) is 0 Å². The van der Waals surface area contributed by atoms with Crippen molar-refractivity contribution in [1.82, 2.24) is 3.53 Å². The second-order valence-electron chi connectivity index (χ2n) is 1.53. The highest BCUT2D eigenvalue weighted by molar-refractivity contribution is 14.1. The molecule has 1 unspecified atom stereocenters. The largest absolute Gasteiger partial charge is 0.258 e. The van der Waals surface area contributed by atoms with Gasteiger partial charge < -0.3 is 0 Å². The second kappa shape index (κ2) is 4.59. The summed E-state index contributed by atoms with van der Waals surface area (Å²) in [5.74, 6) is 0. The lowest BCUT2D eigenvalue weighted by atomic mass is 10.3. The van der Waals surface area contributed by atoms with Gasteiger partial charge in [-0.25, -0.2) is 0 Å². The maximum atomic E-state index is 3.61. The molecule has 42 valence electrons. The molecule has 0 aromatic rings. The molecule has 0 spiro atoms. The molecule has 0 rings (SSSR count). The standard InChI is InChI=1S/C5H10IN/c1-3-4-5(2)7-6/h3,5,7H,1,4H2,2H3. The van der Waals surface area contributed by atoms with Crippen molar-refractivity contribution in [2.75, 3.05) is 0 Å². The lowest BCUT2D eigenvalue weighted by molar-refractivity contribution is 0.725. The van der Waals surface area contributed by atoms with Gasteiger partial charge in [-0.05, 0) is 13.3 Å². The van der Waals surface area contributed by atoms with Gasteiger partial charge in [0, 0.05) is 28.9 Å². The Morgan fingerprint density at radius 2 is 2.57 bits per heavy atom. The van der Waals surface area contributed by atoms with Crippen LogP contribution in [0, 0.1) is 0 Å². The Morgan fingerprint density at radius 3 is 2.71 bits per heavy atom. The smallest absolute Gasteiger partial charge is 0.0172 e. The van der Waals surface area contributed by atoms with Gasteiger partial charge in [-0.15, -0.1) is 6.58 Å². The first-order chi connectivity index (χ1) is 3.31. The highest BCUT2D eigenvalue weighted by atomic mass is 127. The summed E-state index contributed by atoms with van der Waals surface area (Å²) in [7, 11) is 0. The Morgan fingerprint density at radius 1 is 2.00 bits per heavy atom. The van der Waals surface area contributed by atoms with Crippen molar-refractivity contribution in [3.05, 3.63) is 12.7 Å². The summed E-state index contributed by atoms with van der Waals surface area (Å²) in [6.07, 6.45) is 2.96. The normalized spacial score (nSPS) is 13.4. The van der Waals surface area contributed by atoms with Gasteiger partial charge in [-0.3, -0.25) is 3.53 Å². The van der Waals surface area contributed by atoms with Crippen molar-refractivity contribution >= 4 is 22.9 Å². The molecular weight excluding hydrogens is 201 g/mol. The molecule has 2 heteroatoms. The van der Waals surface area contributed by atoms with Crippen LogP contribution in [0.1, 0.15) is 13.3 Å². The number of hydrogen-bond donors (Lipinski definition) is 1. The summed E-state index contributed by atoms with van der Waals surface area (Å²) in [5.41, 5.74) is 0. The van der Waals surface area contributed by atoms with Crippen LogP contribution in [0.25, 0.3) is 0 Å². The van der Waals surface area contributed by atoms with Gasteiger partial charge in [0.05, 0.1) is 0 Å². The van der Waals surface area contributed by atoms with Crippen LogP contribution in [-0.2, 0) is 0 Å². The quantitative estimate of drug-likeness (QED) is 0.427. The molecule has 0 aromatic heterocycles. The molecule has 0 fully saturated rings. The Hall–Kier alpha value is 0.430. The number of nitrogens with one attached hydrogen (secondary N) is 1. The van der Waals surface area contributed by atoms with Crippen LogP contribution in [0.2, 0.25) is 0 Å². The first kappa shape index (κ1) is 7.43. The summed E-state index contributed by atoms with van der Waals surface area (Å²) in [5, 5.41) is 0. The lowest BCUT2D eigenvalue weighted by Gasteiger charge is -2.01. The van der Waals surface area contributed by atoms with Gasteiger partial charge >= 0.3 is 0 Å². The van der Waals surface area contributed by atoms with E-state index in [1.165, 1.54) is 0 Å². The average molecular weight is 211 g/mol. The fourth-order valence-corrected chi connectivity index (χ4v) is 0.549. The highest BCUT2D eigenvalue weighted by Crippen LogP contribution is 1.91. The highest BCUT2D eigenvalue weighted by Gasteiger charge is 1.90. The summed E-state index contributed by atoms with van der Waals surface area (Å²) in [6, 6.07) is 0.568. The first-order valence-electron chi connectivity index (χ1n) is 2.28. The van der Waals surface area contributed by atoms with Crippen LogP contribution in [0.15, 0.2) is 12.7 Å². The molecular formula is C5H10IN. The van der Waals surface area contributed by atoms with Crippen molar-refractivity contribution in [3.8, 4) is 0 Å².